The van der Waals surface area contributed by atoms with E-state index in [4.69, 9.17) is 16.3 Å². The number of methoxy groups -OCH3 is 1. The summed E-state index contributed by atoms with van der Waals surface area (Å²) >= 11 is 6.34. The number of nitrogens with zero attached hydrogens (tertiary/aromatic N) is 2. The van der Waals surface area contributed by atoms with E-state index in [-0.39, 0.29) is 6.04 Å². The monoisotopic (exact) mass is 293 g/mol. The summed E-state index contributed by atoms with van der Waals surface area (Å²) in [5.41, 5.74) is 2.03. The zero-order chi connectivity index (χ0) is 14.5. The van der Waals surface area contributed by atoms with Gasteiger partial charge in [-0.15, -0.1) is 0 Å². The number of hydrogen-bond donors (Lipinski definition) is 1. The van der Waals surface area contributed by atoms with Gasteiger partial charge in [-0.2, -0.15) is 5.10 Å². The van der Waals surface area contributed by atoms with Crippen LogP contribution in [0.15, 0.2) is 30.5 Å². The fourth-order valence-corrected chi connectivity index (χ4v) is 2.64. The number of hydrogen-bond acceptors (Lipinski definition) is 3. The van der Waals surface area contributed by atoms with Gasteiger partial charge in [0.05, 0.1) is 30.1 Å². The molecule has 0 amide bonds. The number of aryl methyl sites for hydroxylation is 1. The molecule has 1 heterocycles. The van der Waals surface area contributed by atoms with Crippen LogP contribution in [0, 0.1) is 0 Å². The first-order chi connectivity index (χ1) is 9.72. The van der Waals surface area contributed by atoms with Crippen LogP contribution >= 0.6 is 11.6 Å². The van der Waals surface area contributed by atoms with Crippen molar-refractivity contribution in [3.63, 3.8) is 0 Å². The molecule has 0 saturated carbocycles. The zero-order valence-electron chi connectivity index (χ0n) is 12.1. The van der Waals surface area contributed by atoms with E-state index >= 15 is 0 Å². The molecule has 0 aliphatic rings. The van der Waals surface area contributed by atoms with E-state index in [1.807, 2.05) is 36.0 Å². The Kier molecular flexibility index (Phi) is 5.04. The highest BCUT2D eigenvalue weighted by atomic mass is 35.5. The normalized spacial score (nSPS) is 12.4. The van der Waals surface area contributed by atoms with Crippen LogP contribution in [0.3, 0.4) is 0 Å². The quantitative estimate of drug-likeness (QED) is 0.888. The standard InChI is InChI=1S/C15H20ClN3O/c1-4-9-19-15(12(16)10-18-19)14(17-2)11-7-5-6-8-13(11)20-3/h5-8,10,14,17H,4,9H2,1-3H3. The van der Waals surface area contributed by atoms with E-state index in [1.165, 1.54) is 0 Å². The second-order valence-corrected chi connectivity index (χ2v) is 4.97. The van der Waals surface area contributed by atoms with Crippen molar-refractivity contribution in [2.45, 2.75) is 25.9 Å². The van der Waals surface area contributed by atoms with Crippen molar-refractivity contribution in [2.24, 2.45) is 0 Å². The molecular formula is C15H20ClN3O. The molecule has 0 radical (unpaired) electrons. The summed E-state index contributed by atoms with van der Waals surface area (Å²) in [6.45, 7) is 2.96. The zero-order valence-corrected chi connectivity index (χ0v) is 12.8. The van der Waals surface area contributed by atoms with Crippen molar-refractivity contribution in [1.82, 2.24) is 15.1 Å². The lowest BCUT2D eigenvalue weighted by Gasteiger charge is -2.21. The summed E-state index contributed by atoms with van der Waals surface area (Å²) in [7, 11) is 3.59. The number of ether oxygens (including phenoxy) is 1. The maximum Gasteiger partial charge on any atom is 0.124 e. The van der Waals surface area contributed by atoms with E-state index in [0.29, 0.717) is 5.02 Å². The number of aromatic nitrogens is 2. The number of halogens is 1. The molecule has 1 aromatic heterocycles. The van der Waals surface area contributed by atoms with Gasteiger partial charge in [0.2, 0.25) is 0 Å². The van der Waals surface area contributed by atoms with Gasteiger partial charge in [-0.1, -0.05) is 36.7 Å². The topological polar surface area (TPSA) is 39.1 Å². The molecule has 4 nitrogen and oxygen atoms in total. The average Bonchev–Trinajstić information content (AvgIpc) is 2.83. The molecule has 0 saturated heterocycles. The van der Waals surface area contributed by atoms with Gasteiger partial charge in [0.15, 0.2) is 0 Å². The van der Waals surface area contributed by atoms with E-state index in [1.54, 1.807) is 13.3 Å². The van der Waals surface area contributed by atoms with E-state index in [0.717, 1.165) is 30.0 Å². The summed E-state index contributed by atoms with van der Waals surface area (Å²) < 4.78 is 7.41. The Morgan fingerprint density at radius 2 is 2.15 bits per heavy atom. The average molecular weight is 294 g/mol. The molecule has 0 aliphatic carbocycles. The molecular weight excluding hydrogens is 274 g/mol. The molecule has 108 valence electrons. The molecule has 2 rings (SSSR count). The van der Waals surface area contributed by atoms with Crippen LogP contribution in [-0.2, 0) is 6.54 Å². The fraction of sp³-hybridized carbons (Fsp3) is 0.400. The highest BCUT2D eigenvalue weighted by molar-refractivity contribution is 6.31. The molecule has 0 aliphatic heterocycles. The minimum Gasteiger partial charge on any atom is -0.496 e. The molecule has 0 spiro atoms. The van der Waals surface area contributed by atoms with Crippen LogP contribution < -0.4 is 10.1 Å². The van der Waals surface area contributed by atoms with Crippen molar-refractivity contribution < 1.29 is 4.74 Å². The van der Waals surface area contributed by atoms with Crippen LogP contribution in [0.4, 0.5) is 0 Å². The number of benzene rings is 1. The lowest BCUT2D eigenvalue weighted by molar-refractivity contribution is 0.403. The Balaban J connectivity index is 2.49. The smallest absolute Gasteiger partial charge is 0.124 e. The number of para-hydroxylation sites is 1. The highest BCUT2D eigenvalue weighted by Crippen LogP contribution is 2.33. The Morgan fingerprint density at radius 1 is 1.40 bits per heavy atom. The first-order valence-electron chi connectivity index (χ1n) is 6.74. The van der Waals surface area contributed by atoms with Gasteiger partial charge in [-0.25, -0.2) is 0 Å². The fourth-order valence-electron chi connectivity index (χ4n) is 2.39. The predicted molar refractivity (Wildman–Crippen MR) is 81.4 cm³/mol. The summed E-state index contributed by atoms with van der Waals surface area (Å²) in [6, 6.07) is 7.90. The summed E-state index contributed by atoms with van der Waals surface area (Å²) in [4.78, 5) is 0. The van der Waals surface area contributed by atoms with Gasteiger partial charge in [-0.05, 0) is 19.5 Å². The summed E-state index contributed by atoms with van der Waals surface area (Å²) in [5, 5.41) is 8.34. The van der Waals surface area contributed by atoms with Crippen molar-refractivity contribution >= 4 is 11.6 Å². The lowest BCUT2D eigenvalue weighted by atomic mass is 10.0. The Morgan fingerprint density at radius 3 is 2.80 bits per heavy atom. The van der Waals surface area contributed by atoms with Crippen LogP contribution in [0.2, 0.25) is 5.02 Å². The summed E-state index contributed by atoms with van der Waals surface area (Å²) in [6.07, 6.45) is 2.71. The van der Waals surface area contributed by atoms with Gasteiger partial charge < -0.3 is 10.1 Å². The molecule has 0 bridgehead atoms. The molecule has 2 aromatic rings. The maximum absolute atomic E-state index is 6.34. The van der Waals surface area contributed by atoms with Crippen molar-refractivity contribution in [3.05, 3.63) is 46.7 Å². The molecule has 1 atom stereocenters. The SMILES string of the molecule is CCCn1ncc(Cl)c1C(NC)c1ccccc1OC. The van der Waals surface area contributed by atoms with Crippen LogP contribution in [0.1, 0.15) is 30.6 Å². The maximum atomic E-state index is 6.34. The third-order valence-electron chi connectivity index (χ3n) is 3.28. The number of rotatable bonds is 6. The molecule has 20 heavy (non-hydrogen) atoms. The molecule has 0 fully saturated rings. The van der Waals surface area contributed by atoms with Crippen molar-refractivity contribution in [1.29, 1.82) is 0 Å². The highest BCUT2D eigenvalue weighted by Gasteiger charge is 2.23. The largest absolute Gasteiger partial charge is 0.496 e. The molecule has 5 heteroatoms. The van der Waals surface area contributed by atoms with Gasteiger partial charge in [0.25, 0.3) is 0 Å². The summed E-state index contributed by atoms with van der Waals surface area (Å²) in [5.74, 6) is 0.840. The van der Waals surface area contributed by atoms with E-state index in [9.17, 15) is 0 Å². The second-order valence-electron chi connectivity index (χ2n) is 4.56. The minimum atomic E-state index is -0.0484. The van der Waals surface area contributed by atoms with Gasteiger partial charge in [-0.3, -0.25) is 4.68 Å². The third kappa shape index (κ3) is 2.81. The van der Waals surface area contributed by atoms with Gasteiger partial charge >= 0.3 is 0 Å². The van der Waals surface area contributed by atoms with Gasteiger partial charge in [0.1, 0.15) is 5.75 Å². The van der Waals surface area contributed by atoms with Crippen LogP contribution in [0.25, 0.3) is 0 Å². The molecule has 1 aromatic carbocycles. The Bertz CT molecular complexity index is 568. The molecule has 1 N–H and O–H groups in total. The first kappa shape index (κ1) is 14.9. The number of nitrogens with one attached hydrogen (secondary N) is 1. The minimum absolute atomic E-state index is 0.0484. The molecule has 1 unspecified atom stereocenters. The van der Waals surface area contributed by atoms with Gasteiger partial charge in [0, 0.05) is 12.1 Å². The van der Waals surface area contributed by atoms with Crippen LogP contribution in [0.5, 0.6) is 5.75 Å². The van der Waals surface area contributed by atoms with E-state index in [2.05, 4.69) is 17.3 Å². The predicted octanol–water partition coefficient (Wildman–Crippen LogP) is 3.26. The van der Waals surface area contributed by atoms with Crippen molar-refractivity contribution in [3.8, 4) is 5.75 Å². The van der Waals surface area contributed by atoms with Crippen LogP contribution in [-0.4, -0.2) is 23.9 Å². The Labute approximate surface area is 124 Å². The lowest BCUT2D eigenvalue weighted by Crippen LogP contribution is -2.22. The first-order valence-corrected chi connectivity index (χ1v) is 7.12. The third-order valence-corrected chi connectivity index (χ3v) is 3.57. The van der Waals surface area contributed by atoms with E-state index < -0.39 is 0 Å². The second kappa shape index (κ2) is 6.77. The van der Waals surface area contributed by atoms with Crippen molar-refractivity contribution in [2.75, 3.05) is 14.2 Å². The Hall–Kier alpha value is -1.52.